The van der Waals surface area contributed by atoms with Crippen molar-refractivity contribution in [2.45, 2.75) is 31.2 Å². The van der Waals surface area contributed by atoms with Crippen molar-refractivity contribution in [3.05, 3.63) is 29.8 Å². The Bertz CT molecular complexity index is 572. The van der Waals surface area contributed by atoms with Crippen LogP contribution in [0.2, 0.25) is 0 Å². The highest BCUT2D eigenvalue weighted by atomic mass is 32.2. The van der Waals surface area contributed by atoms with Gasteiger partial charge in [-0.1, -0.05) is 5.16 Å². The van der Waals surface area contributed by atoms with Crippen LogP contribution in [-0.2, 0) is 9.84 Å². The Morgan fingerprint density at radius 2 is 1.85 bits per heavy atom. The number of rotatable bonds is 5. The SMILES string of the molecule is CC(C)(C)NCCS(=O)(=O)c1ccc(/C(N)=N/O)cc1. The van der Waals surface area contributed by atoms with Gasteiger partial charge >= 0.3 is 0 Å². The van der Waals surface area contributed by atoms with Gasteiger partial charge in [-0.25, -0.2) is 8.42 Å². The van der Waals surface area contributed by atoms with Crippen molar-refractivity contribution in [3.8, 4) is 0 Å². The van der Waals surface area contributed by atoms with Crippen LogP contribution in [0.3, 0.4) is 0 Å². The minimum absolute atomic E-state index is 0.0210. The Labute approximate surface area is 119 Å². The maximum atomic E-state index is 12.1. The third-order valence-corrected chi connectivity index (χ3v) is 4.38. The third-order valence-electron chi connectivity index (χ3n) is 2.64. The Morgan fingerprint density at radius 1 is 1.30 bits per heavy atom. The fourth-order valence-electron chi connectivity index (χ4n) is 1.57. The first-order valence-corrected chi connectivity index (χ1v) is 7.87. The summed E-state index contributed by atoms with van der Waals surface area (Å²) in [5.74, 6) is -0.0314. The number of sulfone groups is 1. The van der Waals surface area contributed by atoms with Gasteiger partial charge in [0.05, 0.1) is 10.6 Å². The molecule has 0 heterocycles. The van der Waals surface area contributed by atoms with Crippen molar-refractivity contribution in [1.29, 1.82) is 0 Å². The van der Waals surface area contributed by atoms with E-state index >= 15 is 0 Å². The number of hydrogen-bond donors (Lipinski definition) is 3. The molecule has 0 bridgehead atoms. The first-order valence-electron chi connectivity index (χ1n) is 6.21. The smallest absolute Gasteiger partial charge is 0.179 e. The van der Waals surface area contributed by atoms with Crippen molar-refractivity contribution in [2.75, 3.05) is 12.3 Å². The summed E-state index contributed by atoms with van der Waals surface area (Å²) in [5, 5.41) is 14.5. The van der Waals surface area contributed by atoms with E-state index in [0.717, 1.165) is 0 Å². The average Bonchev–Trinajstić information content (AvgIpc) is 2.36. The molecule has 0 aromatic heterocycles. The second-order valence-electron chi connectivity index (χ2n) is 5.51. The lowest BCUT2D eigenvalue weighted by Crippen LogP contribution is -2.38. The lowest BCUT2D eigenvalue weighted by Gasteiger charge is -2.20. The van der Waals surface area contributed by atoms with Gasteiger partial charge < -0.3 is 16.3 Å². The number of nitrogens with two attached hydrogens (primary N) is 1. The topological polar surface area (TPSA) is 105 Å². The molecular formula is C13H21N3O3S. The standard InChI is InChI=1S/C13H21N3O3S/c1-13(2,3)15-8-9-20(18,19)11-6-4-10(5-7-11)12(14)16-17/h4-7,15,17H,8-9H2,1-3H3,(H2,14,16). The lowest BCUT2D eigenvalue weighted by molar-refractivity contribution is 0.318. The summed E-state index contributed by atoms with van der Waals surface area (Å²) in [6.45, 7) is 6.32. The normalized spacial score (nSPS) is 13.4. The van der Waals surface area contributed by atoms with Crippen LogP contribution >= 0.6 is 0 Å². The molecule has 0 unspecified atom stereocenters. The number of benzene rings is 1. The highest BCUT2D eigenvalue weighted by Crippen LogP contribution is 2.12. The van der Waals surface area contributed by atoms with Crippen molar-refractivity contribution >= 4 is 15.7 Å². The van der Waals surface area contributed by atoms with Crippen LogP contribution in [-0.4, -0.2) is 37.3 Å². The molecule has 0 fully saturated rings. The number of hydrogen-bond acceptors (Lipinski definition) is 5. The highest BCUT2D eigenvalue weighted by Gasteiger charge is 2.16. The number of nitrogens with one attached hydrogen (secondary N) is 1. The monoisotopic (exact) mass is 299 g/mol. The third kappa shape index (κ3) is 4.82. The van der Waals surface area contributed by atoms with Gasteiger partial charge in [-0.3, -0.25) is 0 Å². The Balaban J connectivity index is 2.78. The second-order valence-corrected chi connectivity index (χ2v) is 7.61. The van der Waals surface area contributed by atoms with E-state index in [0.29, 0.717) is 12.1 Å². The summed E-state index contributed by atoms with van der Waals surface area (Å²) < 4.78 is 24.2. The fourth-order valence-corrected chi connectivity index (χ4v) is 2.73. The highest BCUT2D eigenvalue weighted by molar-refractivity contribution is 7.91. The van der Waals surface area contributed by atoms with E-state index in [9.17, 15) is 8.42 Å². The van der Waals surface area contributed by atoms with E-state index in [2.05, 4.69) is 10.5 Å². The van der Waals surface area contributed by atoms with Crippen LogP contribution in [0.15, 0.2) is 34.3 Å². The van der Waals surface area contributed by atoms with E-state index in [4.69, 9.17) is 10.9 Å². The molecular weight excluding hydrogens is 278 g/mol. The predicted octanol–water partition coefficient (Wildman–Crippen LogP) is 0.943. The molecule has 4 N–H and O–H groups in total. The van der Waals surface area contributed by atoms with Gasteiger partial charge in [0.2, 0.25) is 0 Å². The molecule has 1 aromatic rings. The van der Waals surface area contributed by atoms with Crippen LogP contribution in [0.4, 0.5) is 0 Å². The molecule has 0 amide bonds. The largest absolute Gasteiger partial charge is 0.409 e. The summed E-state index contributed by atoms with van der Waals surface area (Å²) in [5.41, 5.74) is 5.77. The molecule has 1 aromatic carbocycles. The molecule has 0 aliphatic carbocycles. The van der Waals surface area contributed by atoms with E-state index in [1.165, 1.54) is 24.3 Å². The van der Waals surface area contributed by atoms with Crippen molar-refractivity contribution in [3.63, 3.8) is 0 Å². The molecule has 7 heteroatoms. The maximum Gasteiger partial charge on any atom is 0.179 e. The molecule has 0 saturated heterocycles. The quantitative estimate of drug-likeness (QED) is 0.325. The minimum atomic E-state index is -3.34. The summed E-state index contributed by atoms with van der Waals surface area (Å²) in [7, 11) is -3.34. The first-order chi connectivity index (χ1) is 9.15. The maximum absolute atomic E-state index is 12.1. The molecule has 0 aliphatic heterocycles. The molecule has 0 saturated carbocycles. The van der Waals surface area contributed by atoms with Gasteiger partial charge in [-0.2, -0.15) is 0 Å². The van der Waals surface area contributed by atoms with Gasteiger partial charge in [-0.05, 0) is 45.0 Å². The number of oxime groups is 1. The molecule has 0 atom stereocenters. The Kier molecular flexibility index (Phi) is 5.13. The Morgan fingerprint density at radius 3 is 2.30 bits per heavy atom. The van der Waals surface area contributed by atoms with Crippen LogP contribution < -0.4 is 11.1 Å². The fraction of sp³-hybridized carbons (Fsp3) is 0.462. The van der Waals surface area contributed by atoms with Crippen LogP contribution in [0, 0.1) is 0 Å². The summed E-state index contributed by atoms with van der Waals surface area (Å²) in [6.07, 6.45) is 0. The number of amidine groups is 1. The zero-order valence-corrected chi connectivity index (χ0v) is 12.7. The molecule has 112 valence electrons. The summed E-state index contributed by atoms with van der Waals surface area (Å²) in [4.78, 5) is 0.225. The first kappa shape index (κ1) is 16.5. The van der Waals surface area contributed by atoms with E-state index in [1.54, 1.807) is 0 Å². The zero-order chi connectivity index (χ0) is 15.4. The molecule has 0 spiro atoms. The van der Waals surface area contributed by atoms with E-state index in [1.807, 2.05) is 20.8 Å². The summed E-state index contributed by atoms with van der Waals surface area (Å²) in [6, 6.07) is 5.94. The van der Waals surface area contributed by atoms with E-state index in [-0.39, 0.29) is 22.0 Å². The molecule has 1 rings (SSSR count). The second kappa shape index (κ2) is 6.23. The summed E-state index contributed by atoms with van der Waals surface area (Å²) >= 11 is 0. The number of nitrogens with zero attached hydrogens (tertiary/aromatic N) is 1. The molecule has 6 nitrogen and oxygen atoms in total. The lowest BCUT2D eigenvalue weighted by atomic mass is 10.1. The van der Waals surface area contributed by atoms with Crippen LogP contribution in [0.1, 0.15) is 26.3 Å². The van der Waals surface area contributed by atoms with Gasteiger partial charge in [-0.15, -0.1) is 0 Å². The van der Waals surface area contributed by atoms with Crippen LogP contribution in [0.5, 0.6) is 0 Å². The zero-order valence-electron chi connectivity index (χ0n) is 11.9. The van der Waals surface area contributed by atoms with Crippen molar-refractivity contribution in [1.82, 2.24) is 5.32 Å². The van der Waals surface area contributed by atoms with Crippen LogP contribution in [0.25, 0.3) is 0 Å². The average molecular weight is 299 g/mol. The molecule has 0 radical (unpaired) electrons. The van der Waals surface area contributed by atoms with Crippen molar-refractivity contribution in [2.24, 2.45) is 10.9 Å². The Hall–Kier alpha value is -1.60. The van der Waals surface area contributed by atoms with E-state index < -0.39 is 9.84 Å². The minimum Gasteiger partial charge on any atom is -0.409 e. The van der Waals surface area contributed by atoms with Gasteiger partial charge in [0.25, 0.3) is 0 Å². The predicted molar refractivity (Wildman–Crippen MR) is 78.8 cm³/mol. The molecule has 20 heavy (non-hydrogen) atoms. The van der Waals surface area contributed by atoms with Gasteiger partial charge in [0.1, 0.15) is 0 Å². The van der Waals surface area contributed by atoms with Gasteiger partial charge in [0, 0.05) is 17.6 Å². The molecule has 0 aliphatic rings. The van der Waals surface area contributed by atoms with Crippen molar-refractivity contribution < 1.29 is 13.6 Å². The van der Waals surface area contributed by atoms with Gasteiger partial charge in [0.15, 0.2) is 15.7 Å².